The summed E-state index contributed by atoms with van der Waals surface area (Å²) in [6.07, 6.45) is 7.35. The summed E-state index contributed by atoms with van der Waals surface area (Å²) in [4.78, 5) is 25.2. The fourth-order valence-electron chi connectivity index (χ4n) is 4.82. The molecule has 1 atom stereocenters. The van der Waals surface area contributed by atoms with Crippen LogP contribution in [0.15, 0.2) is 6.07 Å². The first kappa shape index (κ1) is 23.9. The fraction of sp³-hybridized carbons (Fsp3) is 0.792. The molecule has 1 aliphatic heterocycles. The summed E-state index contributed by atoms with van der Waals surface area (Å²) in [6, 6.07) is 2.92. The topological polar surface area (TPSA) is 81.6 Å². The Bertz CT molecular complexity index is 712. The lowest BCUT2D eigenvalue weighted by Crippen LogP contribution is -2.52. The molecule has 1 amide bonds. The number of nitrogens with zero attached hydrogens (tertiary/aromatic N) is 4. The predicted molar refractivity (Wildman–Crippen MR) is 124 cm³/mol. The third-order valence-electron chi connectivity index (χ3n) is 6.87. The molecular weight excluding hydrogens is 390 g/mol. The molecule has 2 heterocycles. The van der Waals surface area contributed by atoms with E-state index in [9.17, 15) is 9.90 Å². The minimum Gasteiger partial charge on any atom is -0.396 e. The predicted octanol–water partition coefficient (Wildman–Crippen LogP) is 2.51. The molecule has 2 fully saturated rings. The van der Waals surface area contributed by atoms with Crippen molar-refractivity contribution in [3.05, 3.63) is 17.6 Å². The van der Waals surface area contributed by atoms with Crippen molar-refractivity contribution in [2.75, 3.05) is 37.7 Å². The number of carbonyl (C=O) groups excluding carboxylic acids is 1. The SMILES string of the molecule is CC1CN(c2cc(CCO)nc(C(C)(C)C)n2)CCN1CCC1CCC(NC=O)CC1. The van der Waals surface area contributed by atoms with Crippen molar-refractivity contribution < 1.29 is 9.90 Å². The molecule has 0 radical (unpaired) electrons. The number of hydrogen-bond donors (Lipinski definition) is 2. The first-order chi connectivity index (χ1) is 14.8. The van der Waals surface area contributed by atoms with Crippen LogP contribution in [0, 0.1) is 5.92 Å². The van der Waals surface area contributed by atoms with E-state index in [-0.39, 0.29) is 12.0 Å². The van der Waals surface area contributed by atoms with E-state index in [4.69, 9.17) is 4.98 Å². The van der Waals surface area contributed by atoms with E-state index in [1.807, 2.05) is 0 Å². The van der Waals surface area contributed by atoms with Crippen molar-refractivity contribution >= 4 is 12.2 Å². The molecule has 1 saturated carbocycles. The quantitative estimate of drug-likeness (QED) is 0.616. The normalized spacial score (nSPS) is 25.5. The molecule has 1 unspecified atom stereocenters. The van der Waals surface area contributed by atoms with E-state index in [0.29, 0.717) is 18.5 Å². The van der Waals surface area contributed by atoms with Crippen molar-refractivity contribution in [1.82, 2.24) is 20.2 Å². The number of carbonyl (C=O) groups is 1. The Morgan fingerprint density at radius 3 is 2.55 bits per heavy atom. The summed E-state index contributed by atoms with van der Waals surface area (Å²) < 4.78 is 0. The molecule has 3 rings (SSSR count). The molecule has 0 spiro atoms. The van der Waals surface area contributed by atoms with E-state index in [1.54, 1.807) is 0 Å². The van der Waals surface area contributed by atoms with Crippen LogP contribution in [0.5, 0.6) is 0 Å². The number of anilines is 1. The summed E-state index contributed by atoms with van der Waals surface area (Å²) in [5.74, 6) is 2.63. The Hall–Kier alpha value is -1.73. The second kappa shape index (κ2) is 10.7. The molecule has 1 aromatic heterocycles. The van der Waals surface area contributed by atoms with Crippen LogP contribution in [0.4, 0.5) is 5.82 Å². The monoisotopic (exact) mass is 431 g/mol. The smallest absolute Gasteiger partial charge is 0.207 e. The van der Waals surface area contributed by atoms with Gasteiger partial charge in [-0.15, -0.1) is 0 Å². The van der Waals surface area contributed by atoms with Gasteiger partial charge in [0, 0.05) is 61.9 Å². The fourth-order valence-corrected chi connectivity index (χ4v) is 4.82. The minimum atomic E-state index is -0.117. The Morgan fingerprint density at radius 1 is 1.19 bits per heavy atom. The lowest BCUT2D eigenvalue weighted by molar-refractivity contribution is -0.110. The van der Waals surface area contributed by atoms with Crippen LogP contribution in [0.1, 0.15) is 71.3 Å². The van der Waals surface area contributed by atoms with Gasteiger partial charge in [-0.1, -0.05) is 20.8 Å². The molecule has 7 nitrogen and oxygen atoms in total. The summed E-state index contributed by atoms with van der Waals surface area (Å²) in [5, 5.41) is 12.3. The highest BCUT2D eigenvalue weighted by molar-refractivity contribution is 5.46. The van der Waals surface area contributed by atoms with Crippen molar-refractivity contribution in [3.63, 3.8) is 0 Å². The Kier molecular flexibility index (Phi) is 8.28. The number of aliphatic hydroxyl groups excluding tert-OH is 1. The third-order valence-corrected chi connectivity index (χ3v) is 6.87. The standard InChI is InChI=1S/C24H41N5O2/c1-18-16-29(22-15-21(10-14-30)26-23(27-22)24(2,3)4)13-12-28(18)11-9-19-5-7-20(8-6-19)25-17-31/h15,17-20,30H,5-14,16H2,1-4H3,(H,25,31). The molecule has 174 valence electrons. The van der Waals surface area contributed by atoms with Gasteiger partial charge < -0.3 is 15.3 Å². The number of rotatable bonds is 8. The molecular formula is C24H41N5O2. The third kappa shape index (κ3) is 6.62. The molecule has 0 aromatic carbocycles. The number of aliphatic hydroxyl groups is 1. The van der Waals surface area contributed by atoms with Gasteiger partial charge in [0.05, 0.1) is 0 Å². The summed E-state index contributed by atoms with van der Waals surface area (Å²) >= 11 is 0. The van der Waals surface area contributed by atoms with Gasteiger partial charge >= 0.3 is 0 Å². The van der Waals surface area contributed by atoms with Crippen LogP contribution in [-0.2, 0) is 16.6 Å². The first-order valence-corrected chi connectivity index (χ1v) is 12.0. The summed E-state index contributed by atoms with van der Waals surface area (Å²) in [6.45, 7) is 13.0. The highest BCUT2D eigenvalue weighted by atomic mass is 16.3. The van der Waals surface area contributed by atoms with Crippen LogP contribution < -0.4 is 10.2 Å². The van der Waals surface area contributed by atoms with Gasteiger partial charge in [0.25, 0.3) is 0 Å². The van der Waals surface area contributed by atoms with Crippen LogP contribution in [0.25, 0.3) is 0 Å². The average Bonchev–Trinajstić information content (AvgIpc) is 2.73. The van der Waals surface area contributed by atoms with Crippen LogP contribution in [0.3, 0.4) is 0 Å². The van der Waals surface area contributed by atoms with Crippen molar-refractivity contribution in [1.29, 1.82) is 0 Å². The molecule has 7 heteroatoms. The van der Waals surface area contributed by atoms with E-state index >= 15 is 0 Å². The number of aromatic nitrogens is 2. The minimum absolute atomic E-state index is 0.108. The molecule has 1 aromatic rings. The molecule has 1 saturated heterocycles. The van der Waals surface area contributed by atoms with Gasteiger partial charge in [-0.3, -0.25) is 9.69 Å². The summed E-state index contributed by atoms with van der Waals surface area (Å²) in [7, 11) is 0. The van der Waals surface area contributed by atoms with Gasteiger partial charge in [0.15, 0.2) is 0 Å². The highest BCUT2D eigenvalue weighted by Crippen LogP contribution is 2.28. The summed E-state index contributed by atoms with van der Waals surface area (Å²) in [5.41, 5.74) is 0.806. The molecule has 31 heavy (non-hydrogen) atoms. The largest absolute Gasteiger partial charge is 0.396 e. The zero-order valence-electron chi connectivity index (χ0n) is 19.8. The average molecular weight is 432 g/mol. The van der Waals surface area contributed by atoms with Crippen LogP contribution in [0.2, 0.25) is 0 Å². The highest BCUT2D eigenvalue weighted by Gasteiger charge is 2.28. The van der Waals surface area contributed by atoms with Crippen molar-refractivity contribution in [3.8, 4) is 0 Å². The zero-order valence-corrected chi connectivity index (χ0v) is 19.8. The maximum absolute atomic E-state index is 10.6. The first-order valence-electron chi connectivity index (χ1n) is 12.0. The Balaban J connectivity index is 1.55. The second-order valence-electron chi connectivity index (χ2n) is 10.4. The van der Waals surface area contributed by atoms with Gasteiger partial charge in [0.2, 0.25) is 6.41 Å². The Labute approximate surface area is 187 Å². The molecule has 2 N–H and O–H groups in total. The van der Waals surface area contributed by atoms with Gasteiger partial charge in [-0.2, -0.15) is 0 Å². The van der Waals surface area contributed by atoms with Crippen LogP contribution >= 0.6 is 0 Å². The van der Waals surface area contributed by atoms with Gasteiger partial charge in [-0.05, 0) is 51.5 Å². The lowest BCUT2D eigenvalue weighted by Gasteiger charge is -2.41. The molecule has 2 aliphatic rings. The Morgan fingerprint density at radius 2 is 1.94 bits per heavy atom. The number of nitrogens with one attached hydrogen (secondary N) is 1. The second-order valence-corrected chi connectivity index (χ2v) is 10.4. The van der Waals surface area contributed by atoms with Crippen molar-refractivity contribution in [2.45, 2.75) is 83.7 Å². The number of amides is 1. The van der Waals surface area contributed by atoms with Gasteiger partial charge in [0.1, 0.15) is 11.6 Å². The number of hydrogen-bond acceptors (Lipinski definition) is 6. The number of piperazine rings is 1. The van der Waals surface area contributed by atoms with Gasteiger partial charge in [-0.25, -0.2) is 9.97 Å². The van der Waals surface area contributed by atoms with E-state index in [2.05, 4.69) is 53.9 Å². The molecule has 0 bridgehead atoms. The molecule has 1 aliphatic carbocycles. The van der Waals surface area contributed by atoms with E-state index < -0.39 is 0 Å². The maximum Gasteiger partial charge on any atom is 0.207 e. The maximum atomic E-state index is 10.6. The van der Waals surface area contributed by atoms with E-state index in [0.717, 1.165) is 68.7 Å². The van der Waals surface area contributed by atoms with E-state index in [1.165, 1.54) is 19.3 Å². The van der Waals surface area contributed by atoms with Crippen molar-refractivity contribution in [2.24, 2.45) is 5.92 Å². The van der Waals surface area contributed by atoms with Crippen LogP contribution in [-0.4, -0.2) is 71.3 Å². The zero-order chi connectivity index (χ0) is 22.4. The lowest BCUT2D eigenvalue weighted by atomic mass is 9.84.